The van der Waals surface area contributed by atoms with Crippen molar-refractivity contribution in [1.29, 1.82) is 0 Å². The number of benzene rings is 4. The minimum atomic E-state index is -0.957. The van der Waals surface area contributed by atoms with Gasteiger partial charge in [-0.2, -0.15) is 0 Å². The molecule has 0 bridgehead atoms. The maximum atomic E-state index is 11.8. The Labute approximate surface area is 255 Å². The van der Waals surface area contributed by atoms with Gasteiger partial charge in [0.2, 0.25) is 5.91 Å². The van der Waals surface area contributed by atoms with Crippen molar-refractivity contribution in [2.24, 2.45) is 5.92 Å². The molecule has 8 heteroatoms. The molecular weight excluding hydrogens is 562 g/mol. The number of carbonyl (C=O) groups is 2. The Balaban J connectivity index is 1.43. The standard InChI is InChI=1S/C35H35NO6S/c1-22-31(21-43-32-12-4-3-11-30(32)34(39)40)41-35(42-33(22)26-15-13-24(20-37)14-16-26)29-10-6-9-28(18-29)27-8-5-7-25(17-27)19-36-23(2)38/h3-18,22,31,33,35,37H,19-21H2,1-2H3,(H,36,38)(H,39,40). The van der Waals surface area contributed by atoms with E-state index in [9.17, 15) is 19.8 Å². The zero-order valence-electron chi connectivity index (χ0n) is 24.1. The van der Waals surface area contributed by atoms with Crippen molar-refractivity contribution in [2.45, 2.75) is 50.4 Å². The molecule has 1 aliphatic heterocycles. The van der Waals surface area contributed by atoms with Crippen molar-refractivity contribution in [3.63, 3.8) is 0 Å². The fraction of sp³-hybridized carbons (Fsp3) is 0.257. The number of aliphatic hydroxyl groups is 1. The molecule has 222 valence electrons. The second-order valence-corrected chi connectivity index (χ2v) is 11.7. The first-order valence-electron chi connectivity index (χ1n) is 14.2. The van der Waals surface area contributed by atoms with E-state index in [0.717, 1.165) is 33.4 Å². The molecule has 0 aliphatic carbocycles. The van der Waals surface area contributed by atoms with Crippen LogP contribution in [0.3, 0.4) is 0 Å². The second kappa shape index (κ2) is 14.0. The van der Waals surface area contributed by atoms with Crippen LogP contribution >= 0.6 is 11.8 Å². The third-order valence-electron chi connectivity index (χ3n) is 7.60. The Morgan fingerprint density at radius 1 is 0.837 bits per heavy atom. The highest BCUT2D eigenvalue weighted by Gasteiger charge is 2.38. The summed E-state index contributed by atoms with van der Waals surface area (Å²) in [5.74, 6) is -0.523. The van der Waals surface area contributed by atoms with Crippen LogP contribution in [-0.4, -0.2) is 33.9 Å². The van der Waals surface area contributed by atoms with Gasteiger partial charge in [-0.15, -0.1) is 11.8 Å². The number of aromatic carboxylic acids is 1. The minimum absolute atomic E-state index is 0.0330. The van der Waals surface area contributed by atoms with E-state index in [1.54, 1.807) is 12.1 Å². The lowest BCUT2D eigenvalue weighted by molar-refractivity contribution is -0.268. The summed E-state index contributed by atoms with van der Waals surface area (Å²) >= 11 is 1.47. The molecule has 0 radical (unpaired) electrons. The van der Waals surface area contributed by atoms with E-state index in [4.69, 9.17) is 9.47 Å². The zero-order valence-corrected chi connectivity index (χ0v) is 24.9. The van der Waals surface area contributed by atoms with Crippen LogP contribution in [-0.2, 0) is 27.4 Å². The van der Waals surface area contributed by atoms with E-state index in [2.05, 4.69) is 24.4 Å². The van der Waals surface area contributed by atoms with Gasteiger partial charge in [0.1, 0.15) is 0 Å². The zero-order chi connectivity index (χ0) is 30.3. The van der Waals surface area contributed by atoms with Crippen molar-refractivity contribution in [2.75, 3.05) is 5.75 Å². The van der Waals surface area contributed by atoms with Crippen LogP contribution < -0.4 is 5.32 Å². The molecule has 5 rings (SSSR count). The number of carbonyl (C=O) groups excluding carboxylic acids is 1. The highest BCUT2D eigenvalue weighted by atomic mass is 32.2. The Kier molecular flexibility index (Phi) is 9.94. The Bertz CT molecular complexity index is 1570. The molecule has 3 N–H and O–H groups in total. The Hall–Kier alpha value is -3.95. The van der Waals surface area contributed by atoms with Crippen LogP contribution in [0.15, 0.2) is 102 Å². The number of carboxylic acid groups (broad SMARTS) is 1. The molecule has 4 aromatic carbocycles. The first-order valence-corrected chi connectivity index (χ1v) is 15.2. The number of ether oxygens (including phenoxy) is 2. The molecule has 0 aromatic heterocycles. The molecule has 4 unspecified atom stereocenters. The molecule has 0 saturated carbocycles. The lowest BCUT2D eigenvalue weighted by Gasteiger charge is -2.41. The van der Waals surface area contributed by atoms with E-state index < -0.39 is 12.3 Å². The molecule has 4 atom stereocenters. The van der Waals surface area contributed by atoms with Crippen molar-refractivity contribution < 1.29 is 29.3 Å². The molecule has 1 amide bonds. The van der Waals surface area contributed by atoms with Crippen LogP contribution in [0.25, 0.3) is 11.1 Å². The van der Waals surface area contributed by atoms with E-state index in [0.29, 0.717) is 17.2 Å². The molecule has 0 spiro atoms. The monoisotopic (exact) mass is 597 g/mol. The average molecular weight is 598 g/mol. The van der Waals surface area contributed by atoms with Gasteiger partial charge in [-0.05, 0) is 52.1 Å². The van der Waals surface area contributed by atoms with Gasteiger partial charge in [-0.25, -0.2) is 4.79 Å². The van der Waals surface area contributed by atoms with Crippen molar-refractivity contribution >= 4 is 23.6 Å². The Morgan fingerprint density at radius 2 is 1.56 bits per heavy atom. The molecule has 4 aromatic rings. The summed E-state index contributed by atoms with van der Waals surface area (Å²) in [5, 5.41) is 22.1. The van der Waals surface area contributed by atoms with Gasteiger partial charge < -0.3 is 25.0 Å². The largest absolute Gasteiger partial charge is 0.478 e. The number of thioether (sulfide) groups is 1. The molecule has 1 saturated heterocycles. The number of nitrogens with one attached hydrogen (secondary N) is 1. The summed E-state index contributed by atoms with van der Waals surface area (Å²) in [4.78, 5) is 23.9. The fourth-order valence-electron chi connectivity index (χ4n) is 5.20. The SMILES string of the molecule is CC(=O)NCc1cccc(-c2cccc(C3OC(CSc4ccccc4C(=O)O)C(C)C(c4ccc(CO)cc4)O3)c2)c1. The smallest absolute Gasteiger partial charge is 0.336 e. The summed E-state index contributed by atoms with van der Waals surface area (Å²) in [5.41, 5.74) is 5.97. The highest BCUT2D eigenvalue weighted by Crippen LogP contribution is 2.43. The summed E-state index contributed by atoms with van der Waals surface area (Å²) in [7, 11) is 0. The quantitative estimate of drug-likeness (QED) is 0.173. The third-order valence-corrected chi connectivity index (χ3v) is 8.77. The first kappa shape index (κ1) is 30.5. The molecule has 43 heavy (non-hydrogen) atoms. The van der Waals surface area contributed by atoms with Gasteiger partial charge >= 0.3 is 5.97 Å². The molecule has 1 fully saturated rings. The molecular formula is C35H35NO6S. The van der Waals surface area contributed by atoms with Crippen molar-refractivity contribution in [3.8, 4) is 11.1 Å². The van der Waals surface area contributed by atoms with E-state index in [1.807, 2.05) is 72.8 Å². The summed E-state index contributed by atoms with van der Waals surface area (Å²) in [6.07, 6.45) is -1.17. The molecule has 1 heterocycles. The second-order valence-electron chi connectivity index (χ2n) is 10.7. The van der Waals surface area contributed by atoms with Crippen LogP contribution in [0.2, 0.25) is 0 Å². The van der Waals surface area contributed by atoms with Gasteiger partial charge in [0.25, 0.3) is 0 Å². The predicted molar refractivity (Wildman–Crippen MR) is 166 cm³/mol. The molecule has 1 aliphatic rings. The highest BCUT2D eigenvalue weighted by molar-refractivity contribution is 7.99. The minimum Gasteiger partial charge on any atom is -0.478 e. The van der Waals surface area contributed by atoms with Gasteiger partial charge in [0.15, 0.2) is 6.29 Å². The third kappa shape index (κ3) is 7.53. The van der Waals surface area contributed by atoms with Crippen molar-refractivity contribution in [1.82, 2.24) is 5.32 Å². The van der Waals surface area contributed by atoms with Gasteiger partial charge in [0.05, 0.1) is 24.4 Å². The summed E-state index contributed by atoms with van der Waals surface area (Å²) in [6.45, 7) is 4.01. The number of rotatable bonds is 10. The predicted octanol–water partition coefficient (Wildman–Crippen LogP) is 6.76. The van der Waals surface area contributed by atoms with Crippen LogP contribution in [0.5, 0.6) is 0 Å². The topological polar surface area (TPSA) is 105 Å². The van der Waals surface area contributed by atoms with Gasteiger partial charge in [-0.3, -0.25) is 4.79 Å². The number of amides is 1. The maximum absolute atomic E-state index is 11.8. The van der Waals surface area contributed by atoms with Crippen LogP contribution in [0, 0.1) is 5.92 Å². The normalized spacial score (nSPS) is 20.0. The van der Waals surface area contributed by atoms with Crippen molar-refractivity contribution in [3.05, 3.63) is 125 Å². The van der Waals surface area contributed by atoms with Gasteiger partial charge in [0, 0.05) is 35.6 Å². The fourth-order valence-corrected chi connectivity index (χ4v) is 6.41. The van der Waals surface area contributed by atoms with Gasteiger partial charge in [-0.1, -0.05) is 79.7 Å². The number of hydrogen-bond donors (Lipinski definition) is 3. The first-order chi connectivity index (χ1) is 20.8. The molecule has 7 nitrogen and oxygen atoms in total. The van der Waals surface area contributed by atoms with E-state index in [-0.39, 0.29) is 36.2 Å². The summed E-state index contributed by atoms with van der Waals surface area (Å²) < 4.78 is 13.2. The number of hydrogen-bond acceptors (Lipinski definition) is 6. The maximum Gasteiger partial charge on any atom is 0.336 e. The summed E-state index contributed by atoms with van der Waals surface area (Å²) in [6, 6.07) is 30.9. The Morgan fingerprint density at radius 3 is 2.28 bits per heavy atom. The van der Waals surface area contributed by atoms with E-state index in [1.165, 1.54) is 18.7 Å². The average Bonchev–Trinajstić information content (AvgIpc) is 3.03. The number of aliphatic hydroxyl groups excluding tert-OH is 1. The van der Waals surface area contributed by atoms with E-state index >= 15 is 0 Å². The van der Waals surface area contributed by atoms with Crippen LogP contribution in [0.4, 0.5) is 0 Å². The lowest BCUT2D eigenvalue weighted by atomic mass is 9.91. The number of carboxylic acids is 1. The lowest BCUT2D eigenvalue weighted by Crippen LogP contribution is -2.38. The van der Waals surface area contributed by atoms with Crippen LogP contribution in [0.1, 0.15) is 58.9 Å².